The molecule has 12 heteroatoms. The number of hydrogen-bond donors (Lipinski definition) is 2. The van der Waals surface area contributed by atoms with Gasteiger partial charge in [-0.3, -0.25) is 9.79 Å². The number of nitrogens with one attached hydrogen (secondary N) is 2. The van der Waals surface area contributed by atoms with Gasteiger partial charge in [0.2, 0.25) is 0 Å². The van der Waals surface area contributed by atoms with Gasteiger partial charge in [0, 0.05) is 52.4 Å². The van der Waals surface area contributed by atoms with Crippen molar-refractivity contribution in [1.29, 1.82) is 0 Å². The number of sulfonamides is 1. The molecule has 1 fully saturated rings. The fraction of sp³-hybridized carbons (Fsp3) is 0.556. The molecule has 1 aromatic rings. The van der Waals surface area contributed by atoms with Crippen molar-refractivity contribution in [1.82, 2.24) is 19.8 Å². The Labute approximate surface area is 174 Å². The van der Waals surface area contributed by atoms with Crippen molar-refractivity contribution in [3.05, 3.63) is 35.4 Å². The molecule has 0 radical (unpaired) electrons. The number of hydrogen-bond acceptors (Lipinski definition) is 4. The monoisotopic (exact) mass is 449 g/mol. The standard InChI is InChI=1S/C18H26F3N5O3S/c1-22-17(23-12-13-4-6-14(7-5-13)16(27)25(2)3)24-15-8-10-26(11-9-15)30(28,29)18(19,20)21/h4-7,15H,8-12H2,1-3H3,(H2,22,23,24). The maximum atomic E-state index is 12.7. The molecule has 2 N–H and O–H groups in total. The first-order chi connectivity index (χ1) is 14.0. The summed E-state index contributed by atoms with van der Waals surface area (Å²) in [6, 6.07) is 6.89. The summed E-state index contributed by atoms with van der Waals surface area (Å²) >= 11 is 0. The van der Waals surface area contributed by atoms with Gasteiger partial charge in [0.15, 0.2) is 5.96 Å². The number of carbonyl (C=O) groups is 1. The highest BCUT2D eigenvalue weighted by atomic mass is 32.2. The highest BCUT2D eigenvalue weighted by molar-refractivity contribution is 7.90. The summed E-state index contributed by atoms with van der Waals surface area (Å²) in [6.45, 7) is 0.00709. The van der Waals surface area contributed by atoms with Gasteiger partial charge < -0.3 is 15.5 Å². The molecule has 0 bridgehead atoms. The Morgan fingerprint density at radius 2 is 1.77 bits per heavy atom. The molecule has 30 heavy (non-hydrogen) atoms. The number of halogens is 3. The minimum atomic E-state index is -5.29. The van der Waals surface area contributed by atoms with Gasteiger partial charge in [-0.2, -0.15) is 17.5 Å². The van der Waals surface area contributed by atoms with Gasteiger partial charge >= 0.3 is 15.5 Å². The van der Waals surface area contributed by atoms with Crippen LogP contribution in [0.15, 0.2) is 29.3 Å². The molecule has 168 valence electrons. The van der Waals surface area contributed by atoms with E-state index in [0.717, 1.165) is 5.56 Å². The number of alkyl halides is 3. The molecule has 0 aromatic heterocycles. The smallest absolute Gasteiger partial charge is 0.354 e. The van der Waals surface area contributed by atoms with Gasteiger partial charge in [-0.25, -0.2) is 8.42 Å². The molecule has 1 heterocycles. The molecule has 0 spiro atoms. The lowest BCUT2D eigenvalue weighted by Gasteiger charge is -2.32. The van der Waals surface area contributed by atoms with Crippen molar-refractivity contribution in [2.45, 2.75) is 30.9 Å². The number of piperidine rings is 1. The van der Waals surface area contributed by atoms with E-state index in [4.69, 9.17) is 0 Å². The van der Waals surface area contributed by atoms with Crippen LogP contribution in [0.3, 0.4) is 0 Å². The maximum absolute atomic E-state index is 12.7. The summed E-state index contributed by atoms with van der Waals surface area (Å²) in [5.74, 6) is 0.367. The van der Waals surface area contributed by atoms with Crippen LogP contribution >= 0.6 is 0 Å². The highest BCUT2D eigenvalue weighted by Crippen LogP contribution is 2.28. The summed E-state index contributed by atoms with van der Waals surface area (Å²) < 4.78 is 61.4. The molecular formula is C18H26F3N5O3S. The fourth-order valence-corrected chi connectivity index (χ4v) is 3.97. The first-order valence-electron chi connectivity index (χ1n) is 9.30. The van der Waals surface area contributed by atoms with Gasteiger partial charge in [0.05, 0.1) is 0 Å². The molecule has 1 amide bonds. The van der Waals surface area contributed by atoms with Crippen LogP contribution in [0, 0.1) is 0 Å². The second kappa shape index (κ2) is 9.65. The number of nitrogens with zero attached hydrogens (tertiary/aromatic N) is 3. The Balaban J connectivity index is 1.85. The lowest BCUT2D eigenvalue weighted by molar-refractivity contribution is -0.0494. The highest BCUT2D eigenvalue weighted by Gasteiger charge is 2.50. The van der Waals surface area contributed by atoms with Crippen LogP contribution in [-0.4, -0.2) is 75.3 Å². The predicted octanol–water partition coefficient (Wildman–Crippen LogP) is 1.37. The Morgan fingerprint density at radius 1 is 1.20 bits per heavy atom. The van der Waals surface area contributed by atoms with Gasteiger partial charge in [0.1, 0.15) is 0 Å². The van der Waals surface area contributed by atoms with Crippen LogP contribution in [0.25, 0.3) is 0 Å². The number of amides is 1. The third kappa shape index (κ3) is 5.85. The summed E-state index contributed by atoms with van der Waals surface area (Å²) in [7, 11) is -0.365. The van der Waals surface area contributed by atoms with Gasteiger partial charge in [-0.15, -0.1) is 0 Å². The Morgan fingerprint density at radius 3 is 2.23 bits per heavy atom. The van der Waals surface area contributed by atoms with E-state index in [1.165, 1.54) is 4.90 Å². The SMILES string of the molecule is CN=C(NCc1ccc(C(=O)N(C)C)cc1)NC1CCN(S(=O)(=O)C(F)(F)F)CC1. The van der Waals surface area contributed by atoms with Crippen LogP contribution in [0.5, 0.6) is 0 Å². The Kier molecular flexibility index (Phi) is 7.70. The zero-order valence-corrected chi connectivity index (χ0v) is 17.8. The largest absolute Gasteiger partial charge is 0.511 e. The normalized spacial score (nSPS) is 16.9. The summed E-state index contributed by atoms with van der Waals surface area (Å²) in [5.41, 5.74) is -3.79. The molecule has 0 saturated carbocycles. The van der Waals surface area contributed by atoms with Gasteiger partial charge in [-0.1, -0.05) is 12.1 Å². The molecule has 0 unspecified atom stereocenters. The average Bonchev–Trinajstić information content (AvgIpc) is 2.70. The lowest BCUT2D eigenvalue weighted by atomic mass is 10.1. The van der Waals surface area contributed by atoms with Crippen LogP contribution in [0.2, 0.25) is 0 Å². The summed E-state index contributed by atoms with van der Waals surface area (Å²) in [5, 5.41) is 6.21. The van der Waals surface area contributed by atoms with Crippen LogP contribution in [0.4, 0.5) is 13.2 Å². The molecule has 1 aromatic carbocycles. The first-order valence-corrected chi connectivity index (χ1v) is 10.7. The van der Waals surface area contributed by atoms with E-state index in [-0.39, 0.29) is 37.9 Å². The molecule has 8 nitrogen and oxygen atoms in total. The zero-order valence-electron chi connectivity index (χ0n) is 17.0. The van der Waals surface area contributed by atoms with Crippen molar-refractivity contribution >= 4 is 21.9 Å². The van der Waals surface area contributed by atoms with Crippen molar-refractivity contribution in [3.63, 3.8) is 0 Å². The van der Waals surface area contributed by atoms with Crippen LogP contribution in [-0.2, 0) is 16.6 Å². The molecule has 2 rings (SSSR count). The van der Waals surface area contributed by atoms with Crippen molar-refractivity contribution in [3.8, 4) is 0 Å². The van der Waals surface area contributed by atoms with Crippen molar-refractivity contribution in [2.24, 2.45) is 4.99 Å². The number of rotatable bonds is 5. The molecule has 1 aliphatic rings. The van der Waals surface area contributed by atoms with E-state index in [1.54, 1.807) is 33.3 Å². The minimum Gasteiger partial charge on any atom is -0.354 e. The first kappa shape index (κ1) is 23.9. The minimum absolute atomic E-state index is 0.0918. The van der Waals surface area contributed by atoms with Crippen LogP contribution < -0.4 is 10.6 Å². The Hall–Kier alpha value is -2.34. The van der Waals surface area contributed by atoms with E-state index in [1.807, 2.05) is 12.1 Å². The van der Waals surface area contributed by atoms with Gasteiger partial charge in [0.25, 0.3) is 5.91 Å². The summed E-state index contributed by atoms with van der Waals surface area (Å²) in [6.07, 6.45) is 0.467. The average molecular weight is 449 g/mol. The predicted molar refractivity (Wildman–Crippen MR) is 107 cm³/mol. The van der Waals surface area contributed by atoms with E-state index >= 15 is 0 Å². The number of aliphatic imine (C=N–C) groups is 1. The van der Waals surface area contributed by atoms with Crippen molar-refractivity contribution < 1.29 is 26.4 Å². The number of carbonyl (C=O) groups excluding carboxylic acids is 1. The van der Waals surface area contributed by atoms with E-state index in [2.05, 4.69) is 15.6 Å². The number of benzene rings is 1. The maximum Gasteiger partial charge on any atom is 0.511 e. The van der Waals surface area contributed by atoms with E-state index < -0.39 is 15.5 Å². The van der Waals surface area contributed by atoms with E-state index in [9.17, 15) is 26.4 Å². The van der Waals surface area contributed by atoms with Crippen LogP contribution in [0.1, 0.15) is 28.8 Å². The molecule has 1 aliphatic heterocycles. The second-order valence-electron chi connectivity index (χ2n) is 7.09. The van der Waals surface area contributed by atoms with E-state index in [0.29, 0.717) is 22.4 Å². The molecule has 0 atom stereocenters. The van der Waals surface area contributed by atoms with Crippen molar-refractivity contribution in [2.75, 3.05) is 34.2 Å². The molecule has 1 saturated heterocycles. The summed E-state index contributed by atoms with van der Waals surface area (Å²) in [4.78, 5) is 17.5. The van der Waals surface area contributed by atoms with Gasteiger partial charge in [-0.05, 0) is 30.5 Å². The fourth-order valence-electron chi connectivity index (χ4n) is 2.98. The lowest BCUT2D eigenvalue weighted by Crippen LogP contribution is -2.51. The second-order valence-corrected chi connectivity index (χ2v) is 9.02. The Bertz CT molecular complexity index is 862. The number of guanidine groups is 1. The third-order valence-electron chi connectivity index (χ3n) is 4.72. The topological polar surface area (TPSA) is 94.1 Å². The third-order valence-corrected chi connectivity index (χ3v) is 6.35. The molecule has 0 aliphatic carbocycles. The zero-order chi connectivity index (χ0) is 22.5. The molecular weight excluding hydrogens is 423 g/mol. The quantitative estimate of drug-likeness (QED) is 0.523.